The van der Waals surface area contributed by atoms with Crippen LogP contribution in [0.25, 0.3) is 0 Å². The van der Waals surface area contributed by atoms with E-state index in [1.807, 2.05) is 6.92 Å². The lowest BCUT2D eigenvalue weighted by Gasteiger charge is -2.38. The lowest BCUT2D eigenvalue weighted by atomic mass is 10.1. The van der Waals surface area contributed by atoms with Gasteiger partial charge in [0.2, 0.25) is 0 Å². The highest BCUT2D eigenvalue weighted by Gasteiger charge is 2.26. The zero-order chi connectivity index (χ0) is 14.7. The molecule has 0 aliphatic carbocycles. The lowest BCUT2D eigenvalue weighted by Crippen LogP contribution is -2.52. The summed E-state index contributed by atoms with van der Waals surface area (Å²) in [5.74, 6) is 0.259. The van der Waals surface area contributed by atoms with Crippen LogP contribution in [0.15, 0.2) is 16.7 Å². The topological polar surface area (TPSA) is 54.7 Å². The minimum atomic E-state index is -0.145. The van der Waals surface area contributed by atoms with Crippen LogP contribution in [0.1, 0.15) is 36.9 Å². The summed E-state index contributed by atoms with van der Waals surface area (Å²) in [6, 6.07) is 2.08. The average Bonchev–Trinajstić information content (AvgIpc) is 2.80. The molecule has 1 aromatic rings. The summed E-state index contributed by atoms with van der Waals surface area (Å²) >= 11 is 0. The van der Waals surface area contributed by atoms with Crippen molar-refractivity contribution in [3.05, 3.63) is 23.7 Å². The summed E-state index contributed by atoms with van der Waals surface area (Å²) in [5.41, 5.74) is 0.865. The molecular formula is C15H24N2O3. The van der Waals surface area contributed by atoms with Gasteiger partial charge in [-0.1, -0.05) is 0 Å². The van der Waals surface area contributed by atoms with Gasteiger partial charge in [-0.3, -0.25) is 9.69 Å². The molecule has 2 heterocycles. The van der Waals surface area contributed by atoms with Crippen LogP contribution in [0, 0.1) is 6.92 Å². The number of hydrogen-bond acceptors (Lipinski definition) is 4. The number of rotatable bonds is 4. The fourth-order valence-electron chi connectivity index (χ4n) is 2.63. The Bertz CT molecular complexity index is 448. The van der Waals surface area contributed by atoms with Crippen molar-refractivity contribution in [1.82, 2.24) is 10.2 Å². The van der Waals surface area contributed by atoms with Gasteiger partial charge in [0.15, 0.2) is 5.76 Å². The molecule has 1 N–H and O–H groups in total. The largest absolute Gasteiger partial charge is 0.459 e. The maximum atomic E-state index is 12.0. The molecule has 1 saturated heterocycles. The second-order valence-electron chi connectivity index (χ2n) is 5.70. The first kappa shape index (κ1) is 15.1. The Morgan fingerprint density at radius 1 is 1.45 bits per heavy atom. The average molecular weight is 280 g/mol. The molecule has 0 unspecified atom stereocenters. The van der Waals surface area contributed by atoms with Crippen molar-refractivity contribution in [3.63, 3.8) is 0 Å². The molecule has 112 valence electrons. The maximum absolute atomic E-state index is 12.0. The smallest absolute Gasteiger partial charge is 0.287 e. The Hall–Kier alpha value is -1.33. The van der Waals surface area contributed by atoms with Crippen LogP contribution in [0.4, 0.5) is 0 Å². The van der Waals surface area contributed by atoms with E-state index in [-0.39, 0.29) is 24.2 Å². The van der Waals surface area contributed by atoms with E-state index >= 15 is 0 Å². The summed E-state index contributed by atoms with van der Waals surface area (Å²) in [6.45, 7) is 10.6. The van der Waals surface area contributed by atoms with Gasteiger partial charge < -0.3 is 14.5 Å². The van der Waals surface area contributed by atoms with Gasteiger partial charge in [-0.25, -0.2) is 0 Å². The molecule has 1 aliphatic heterocycles. The van der Waals surface area contributed by atoms with Crippen LogP contribution in [0.5, 0.6) is 0 Å². The molecule has 5 heteroatoms. The van der Waals surface area contributed by atoms with Crippen LogP contribution in [0.2, 0.25) is 0 Å². The molecule has 1 aliphatic rings. The van der Waals surface area contributed by atoms with E-state index in [2.05, 4.69) is 31.0 Å². The van der Waals surface area contributed by atoms with Crippen molar-refractivity contribution in [2.75, 3.05) is 19.6 Å². The third-order valence-corrected chi connectivity index (χ3v) is 3.70. The Balaban J connectivity index is 1.84. The van der Waals surface area contributed by atoms with Crippen molar-refractivity contribution in [2.24, 2.45) is 0 Å². The third-order valence-electron chi connectivity index (χ3n) is 3.70. The van der Waals surface area contributed by atoms with E-state index < -0.39 is 0 Å². The number of amides is 1. The summed E-state index contributed by atoms with van der Waals surface area (Å²) < 4.78 is 10.9. The SMILES string of the molecule is Cc1ccoc1C(=O)NC[C@H](C)N1C[C@@H](C)O[C@H](C)C1. The molecule has 20 heavy (non-hydrogen) atoms. The van der Waals surface area contributed by atoms with Crippen molar-refractivity contribution in [1.29, 1.82) is 0 Å². The number of aryl methyl sites for hydroxylation is 1. The number of ether oxygens (including phenoxy) is 1. The quantitative estimate of drug-likeness (QED) is 0.914. The van der Waals surface area contributed by atoms with E-state index in [4.69, 9.17) is 9.15 Å². The standard InChI is InChI=1S/C15H24N2O3/c1-10-5-6-19-14(10)15(18)16-7-11(2)17-8-12(3)20-13(4)9-17/h5-6,11-13H,7-9H2,1-4H3,(H,16,18)/t11-,12+,13+/m0/s1. The molecule has 1 aromatic heterocycles. The summed E-state index contributed by atoms with van der Waals surface area (Å²) in [4.78, 5) is 14.3. The minimum absolute atomic E-state index is 0.145. The predicted octanol–water partition coefficient (Wildman–Crippen LogP) is 1.82. The number of nitrogens with one attached hydrogen (secondary N) is 1. The maximum Gasteiger partial charge on any atom is 0.287 e. The second-order valence-corrected chi connectivity index (χ2v) is 5.70. The molecular weight excluding hydrogens is 256 g/mol. The monoisotopic (exact) mass is 280 g/mol. The molecule has 1 amide bonds. The van der Waals surface area contributed by atoms with Crippen molar-refractivity contribution in [2.45, 2.75) is 45.9 Å². The first-order valence-electron chi connectivity index (χ1n) is 7.19. The van der Waals surface area contributed by atoms with Gasteiger partial charge in [0.05, 0.1) is 18.5 Å². The molecule has 1 fully saturated rings. The lowest BCUT2D eigenvalue weighted by molar-refractivity contribution is -0.0778. The van der Waals surface area contributed by atoms with Gasteiger partial charge in [-0.15, -0.1) is 0 Å². The van der Waals surface area contributed by atoms with Crippen molar-refractivity contribution >= 4 is 5.91 Å². The fourth-order valence-corrected chi connectivity index (χ4v) is 2.63. The Morgan fingerprint density at radius 3 is 2.65 bits per heavy atom. The van der Waals surface area contributed by atoms with Gasteiger partial charge >= 0.3 is 0 Å². The Kier molecular flexibility index (Phi) is 4.83. The van der Waals surface area contributed by atoms with Gasteiger partial charge in [-0.05, 0) is 33.8 Å². The van der Waals surface area contributed by atoms with E-state index in [1.165, 1.54) is 0 Å². The van der Waals surface area contributed by atoms with E-state index in [0.717, 1.165) is 18.7 Å². The van der Waals surface area contributed by atoms with Crippen LogP contribution >= 0.6 is 0 Å². The molecule has 0 aromatic carbocycles. The van der Waals surface area contributed by atoms with Crippen LogP contribution < -0.4 is 5.32 Å². The Morgan fingerprint density at radius 2 is 2.10 bits per heavy atom. The van der Waals surface area contributed by atoms with Crippen LogP contribution in [-0.2, 0) is 4.74 Å². The highest BCUT2D eigenvalue weighted by Crippen LogP contribution is 2.13. The van der Waals surface area contributed by atoms with E-state index in [9.17, 15) is 4.79 Å². The number of nitrogens with zero attached hydrogens (tertiary/aromatic N) is 1. The number of carbonyl (C=O) groups is 1. The Labute approximate surface area is 120 Å². The summed E-state index contributed by atoms with van der Waals surface area (Å²) in [6.07, 6.45) is 2.02. The van der Waals surface area contributed by atoms with E-state index in [0.29, 0.717) is 12.3 Å². The first-order valence-corrected chi connectivity index (χ1v) is 7.19. The zero-order valence-electron chi connectivity index (χ0n) is 12.7. The van der Waals surface area contributed by atoms with Gasteiger partial charge in [0.25, 0.3) is 5.91 Å². The fraction of sp³-hybridized carbons (Fsp3) is 0.667. The van der Waals surface area contributed by atoms with Gasteiger partial charge in [0, 0.05) is 31.2 Å². The molecule has 0 bridgehead atoms. The molecule has 0 radical (unpaired) electrons. The first-order chi connectivity index (χ1) is 9.47. The number of hydrogen-bond donors (Lipinski definition) is 1. The highest BCUT2D eigenvalue weighted by atomic mass is 16.5. The highest BCUT2D eigenvalue weighted by molar-refractivity contribution is 5.92. The zero-order valence-corrected chi connectivity index (χ0v) is 12.7. The number of morpholine rings is 1. The molecule has 5 nitrogen and oxygen atoms in total. The normalized spacial score (nSPS) is 25.4. The molecule has 0 saturated carbocycles. The van der Waals surface area contributed by atoms with Crippen molar-refractivity contribution in [3.8, 4) is 0 Å². The summed E-state index contributed by atoms with van der Waals surface area (Å²) in [7, 11) is 0. The third kappa shape index (κ3) is 3.61. The molecule has 0 spiro atoms. The van der Waals surface area contributed by atoms with E-state index in [1.54, 1.807) is 12.3 Å². The molecule has 3 atom stereocenters. The predicted molar refractivity (Wildman–Crippen MR) is 76.8 cm³/mol. The van der Waals surface area contributed by atoms with Crippen LogP contribution in [0.3, 0.4) is 0 Å². The number of carbonyl (C=O) groups excluding carboxylic acids is 1. The minimum Gasteiger partial charge on any atom is -0.459 e. The molecule has 2 rings (SSSR count). The summed E-state index contributed by atoms with van der Waals surface area (Å²) in [5, 5.41) is 2.94. The van der Waals surface area contributed by atoms with Crippen molar-refractivity contribution < 1.29 is 13.9 Å². The second kappa shape index (κ2) is 6.41. The van der Waals surface area contributed by atoms with Crippen LogP contribution in [-0.4, -0.2) is 48.7 Å². The van der Waals surface area contributed by atoms with Gasteiger partial charge in [0.1, 0.15) is 0 Å². The number of furan rings is 1. The van der Waals surface area contributed by atoms with Gasteiger partial charge in [-0.2, -0.15) is 0 Å².